The molecule has 0 aromatic heterocycles. The molecule has 0 unspecified atom stereocenters. The van der Waals surface area contributed by atoms with E-state index in [1.165, 1.54) is 0 Å². The van der Waals surface area contributed by atoms with Gasteiger partial charge in [0.15, 0.2) is 0 Å². The highest BCUT2D eigenvalue weighted by molar-refractivity contribution is 5.76. The molecule has 1 amide bonds. The number of nitriles is 1. The van der Waals surface area contributed by atoms with Crippen LogP contribution >= 0.6 is 0 Å². The zero-order valence-electron chi connectivity index (χ0n) is 10.2. The Kier molecular flexibility index (Phi) is 5.02. The van der Waals surface area contributed by atoms with E-state index in [1.54, 1.807) is 6.07 Å². The molecule has 90 valence electrons. The Balaban J connectivity index is 2.45. The highest BCUT2D eigenvalue weighted by Gasteiger charge is 2.01. The maximum absolute atomic E-state index is 11.2. The number of anilines is 1. The third kappa shape index (κ3) is 4.15. The van der Waals surface area contributed by atoms with Crippen molar-refractivity contribution in [2.75, 3.05) is 18.4 Å². The summed E-state index contributed by atoms with van der Waals surface area (Å²) in [5, 5.41) is 14.7. The fraction of sp³-hybridized carbons (Fsp3) is 0.385. The first-order valence-electron chi connectivity index (χ1n) is 5.68. The van der Waals surface area contributed by atoms with Gasteiger partial charge in [-0.2, -0.15) is 5.26 Å². The number of rotatable bonds is 5. The quantitative estimate of drug-likeness (QED) is 0.812. The van der Waals surface area contributed by atoms with Crippen molar-refractivity contribution in [3.8, 4) is 6.07 Å². The molecule has 1 aromatic rings. The van der Waals surface area contributed by atoms with Gasteiger partial charge in [0, 0.05) is 25.2 Å². The molecule has 0 radical (unpaired) electrons. The van der Waals surface area contributed by atoms with Crippen molar-refractivity contribution in [3.63, 3.8) is 0 Å². The van der Waals surface area contributed by atoms with Gasteiger partial charge in [-0.15, -0.1) is 0 Å². The van der Waals surface area contributed by atoms with Gasteiger partial charge in [-0.25, -0.2) is 0 Å². The van der Waals surface area contributed by atoms with Crippen molar-refractivity contribution in [3.05, 3.63) is 29.3 Å². The molecule has 4 heteroatoms. The third-order valence-electron chi connectivity index (χ3n) is 2.40. The van der Waals surface area contributed by atoms with Crippen LogP contribution in [0, 0.1) is 18.3 Å². The number of carbonyl (C=O) groups excluding carboxylic acids is 1. The number of carbonyl (C=O) groups is 1. The summed E-state index contributed by atoms with van der Waals surface area (Å²) in [5.74, 6) is 0.0466. The van der Waals surface area contributed by atoms with Gasteiger partial charge in [-0.3, -0.25) is 4.79 Å². The van der Waals surface area contributed by atoms with Crippen molar-refractivity contribution in [2.24, 2.45) is 0 Å². The molecule has 1 rings (SSSR count). The smallest absolute Gasteiger partial charge is 0.221 e. The number of hydrogen-bond donors (Lipinski definition) is 2. The first kappa shape index (κ1) is 13.0. The van der Waals surface area contributed by atoms with Gasteiger partial charge < -0.3 is 10.6 Å². The number of amides is 1. The Labute approximate surface area is 102 Å². The summed E-state index contributed by atoms with van der Waals surface area (Å²) in [4.78, 5) is 11.2. The van der Waals surface area contributed by atoms with Crippen LogP contribution in [0.15, 0.2) is 18.2 Å². The molecule has 0 bridgehead atoms. The van der Waals surface area contributed by atoms with Crippen LogP contribution in [0.1, 0.15) is 24.5 Å². The average molecular weight is 231 g/mol. The molecule has 0 aliphatic heterocycles. The van der Waals surface area contributed by atoms with Crippen LogP contribution in [0.3, 0.4) is 0 Å². The molecule has 0 heterocycles. The molecule has 2 N–H and O–H groups in total. The van der Waals surface area contributed by atoms with Gasteiger partial charge in [0.25, 0.3) is 0 Å². The minimum absolute atomic E-state index is 0.0466. The van der Waals surface area contributed by atoms with Crippen LogP contribution < -0.4 is 10.6 Å². The summed E-state index contributed by atoms with van der Waals surface area (Å²) in [6.45, 7) is 5.05. The molecule has 0 aliphatic carbocycles. The van der Waals surface area contributed by atoms with E-state index in [4.69, 9.17) is 5.26 Å². The molecule has 0 fully saturated rings. The van der Waals surface area contributed by atoms with Gasteiger partial charge in [0.05, 0.1) is 11.6 Å². The normalized spacial score (nSPS) is 9.47. The molecular weight excluding hydrogens is 214 g/mol. The number of aryl methyl sites for hydroxylation is 1. The summed E-state index contributed by atoms with van der Waals surface area (Å²) >= 11 is 0. The molecule has 0 aliphatic rings. The zero-order valence-corrected chi connectivity index (χ0v) is 10.2. The molecule has 17 heavy (non-hydrogen) atoms. The Hall–Kier alpha value is -2.02. The highest BCUT2D eigenvalue weighted by Crippen LogP contribution is 2.14. The summed E-state index contributed by atoms with van der Waals surface area (Å²) in [5.41, 5.74) is 2.56. The molecule has 1 aromatic carbocycles. The van der Waals surface area contributed by atoms with E-state index in [2.05, 4.69) is 16.7 Å². The summed E-state index contributed by atoms with van der Waals surface area (Å²) in [7, 11) is 0. The Morgan fingerprint density at radius 1 is 1.47 bits per heavy atom. The van der Waals surface area contributed by atoms with Crippen molar-refractivity contribution in [1.82, 2.24) is 5.32 Å². The van der Waals surface area contributed by atoms with Crippen molar-refractivity contribution in [1.29, 1.82) is 5.26 Å². The van der Waals surface area contributed by atoms with Gasteiger partial charge in [-0.05, 0) is 37.6 Å². The fourth-order valence-electron chi connectivity index (χ4n) is 1.51. The van der Waals surface area contributed by atoms with E-state index >= 15 is 0 Å². The average Bonchev–Trinajstić information content (AvgIpc) is 2.29. The minimum Gasteiger partial charge on any atom is -0.385 e. The van der Waals surface area contributed by atoms with E-state index < -0.39 is 0 Å². The predicted molar refractivity (Wildman–Crippen MR) is 67.7 cm³/mol. The molecule has 4 nitrogen and oxygen atoms in total. The minimum atomic E-state index is 0.0466. The van der Waals surface area contributed by atoms with Crippen LogP contribution in [-0.4, -0.2) is 19.0 Å². The summed E-state index contributed by atoms with van der Waals surface area (Å²) < 4.78 is 0. The second kappa shape index (κ2) is 6.54. The fourth-order valence-corrected chi connectivity index (χ4v) is 1.51. The summed E-state index contributed by atoms with van der Waals surface area (Å²) in [6.07, 6.45) is 0.451. The highest BCUT2D eigenvalue weighted by atomic mass is 16.1. The molecular formula is C13H17N3O. The lowest BCUT2D eigenvalue weighted by Gasteiger charge is -2.07. The van der Waals surface area contributed by atoms with Gasteiger partial charge in [0.1, 0.15) is 0 Å². The number of nitrogens with zero attached hydrogens (tertiary/aromatic N) is 1. The van der Waals surface area contributed by atoms with Gasteiger partial charge >= 0.3 is 0 Å². The molecule has 0 saturated carbocycles. The number of nitrogens with one attached hydrogen (secondary N) is 2. The van der Waals surface area contributed by atoms with Crippen molar-refractivity contribution < 1.29 is 4.79 Å². The largest absolute Gasteiger partial charge is 0.385 e. The Morgan fingerprint density at radius 3 is 2.82 bits per heavy atom. The monoisotopic (exact) mass is 231 g/mol. The molecule has 0 atom stereocenters. The van der Waals surface area contributed by atoms with E-state index in [-0.39, 0.29) is 5.91 Å². The van der Waals surface area contributed by atoms with Crippen molar-refractivity contribution >= 4 is 11.6 Å². The van der Waals surface area contributed by atoms with E-state index in [0.29, 0.717) is 25.1 Å². The lowest BCUT2D eigenvalue weighted by molar-refractivity contribution is -0.120. The number of hydrogen-bond acceptors (Lipinski definition) is 3. The van der Waals surface area contributed by atoms with Crippen LogP contribution in [0.4, 0.5) is 5.69 Å². The second-order valence-corrected chi connectivity index (χ2v) is 3.77. The first-order valence-corrected chi connectivity index (χ1v) is 5.68. The Bertz CT molecular complexity index is 435. The topological polar surface area (TPSA) is 64.9 Å². The maximum Gasteiger partial charge on any atom is 0.221 e. The Morgan fingerprint density at radius 2 is 2.24 bits per heavy atom. The van der Waals surface area contributed by atoms with E-state index in [1.807, 2.05) is 26.0 Å². The third-order valence-corrected chi connectivity index (χ3v) is 2.40. The van der Waals surface area contributed by atoms with Gasteiger partial charge in [0.2, 0.25) is 5.91 Å². The van der Waals surface area contributed by atoms with E-state index in [0.717, 1.165) is 11.3 Å². The molecule has 0 saturated heterocycles. The van der Waals surface area contributed by atoms with Gasteiger partial charge in [-0.1, -0.05) is 0 Å². The predicted octanol–water partition coefficient (Wildman–Crippen LogP) is 1.80. The zero-order chi connectivity index (χ0) is 12.7. The number of benzene rings is 1. The second-order valence-electron chi connectivity index (χ2n) is 3.77. The first-order chi connectivity index (χ1) is 8.17. The lowest BCUT2D eigenvalue weighted by atomic mass is 10.1. The van der Waals surface area contributed by atoms with Crippen LogP contribution in [0.5, 0.6) is 0 Å². The summed E-state index contributed by atoms with van der Waals surface area (Å²) in [6, 6.07) is 7.67. The lowest BCUT2D eigenvalue weighted by Crippen LogP contribution is -2.24. The van der Waals surface area contributed by atoms with Crippen LogP contribution in [-0.2, 0) is 4.79 Å². The molecule has 0 spiro atoms. The van der Waals surface area contributed by atoms with Crippen LogP contribution in [0.2, 0.25) is 0 Å². The standard InChI is InChI=1S/C13H17N3O/c1-3-15-13(17)6-7-16-12-5-4-11(9-14)10(2)8-12/h4-5,8,16H,3,6-7H2,1-2H3,(H,15,17). The van der Waals surface area contributed by atoms with Crippen molar-refractivity contribution in [2.45, 2.75) is 20.3 Å². The van der Waals surface area contributed by atoms with Crippen LogP contribution in [0.25, 0.3) is 0 Å². The maximum atomic E-state index is 11.2. The van der Waals surface area contributed by atoms with E-state index in [9.17, 15) is 4.79 Å². The SMILES string of the molecule is CCNC(=O)CCNc1ccc(C#N)c(C)c1.